The Labute approximate surface area is 272 Å². The van der Waals surface area contributed by atoms with Crippen LogP contribution in [-0.2, 0) is 33.8 Å². The van der Waals surface area contributed by atoms with E-state index in [9.17, 15) is 34.8 Å². The molecule has 0 spiro atoms. The Hall–Kier alpha value is -4.77. The third-order valence-electron chi connectivity index (χ3n) is 9.91. The van der Waals surface area contributed by atoms with Gasteiger partial charge < -0.3 is 31.5 Å². The van der Waals surface area contributed by atoms with Gasteiger partial charge in [-0.3, -0.25) is 19.3 Å². The summed E-state index contributed by atoms with van der Waals surface area (Å²) in [7, 11) is 3.15. The smallest absolute Gasteiger partial charge is 0.255 e. The topological polar surface area (TPSA) is 173 Å². The largest absolute Gasteiger partial charge is 0.508 e. The van der Waals surface area contributed by atoms with Gasteiger partial charge in [0.25, 0.3) is 5.91 Å². The zero-order valence-corrected chi connectivity index (χ0v) is 26.6. The summed E-state index contributed by atoms with van der Waals surface area (Å²) in [6.45, 7) is 3.59. The first kappa shape index (κ1) is 32.2. The number of nitrogens with zero attached hydrogens (tertiary/aromatic N) is 1. The standard InChI is InChI=1S/C37H39N3O7/c1-19-4-6-20(7-5-19)14-15-39-18-21-8-10-22(11-9-21)24-12-13-27(41)29-25(24)16-23-17-26-31(40(2)3)33(43)30(36(38)46)35(45)37(26,47)34(44)28(23)32(29)42/h4-13,23,26,31,39,41-42,45,47H,14-18H2,1-3H3,(H2,38,46). The van der Waals surface area contributed by atoms with E-state index in [2.05, 4.69) is 36.5 Å². The van der Waals surface area contributed by atoms with Gasteiger partial charge in [-0.25, -0.2) is 0 Å². The summed E-state index contributed by atoms with van der Waals surface area (Å²) in [5.41, 5.74) is 7.64. The van der Waals surface area contributed by atoms with Crippen LogP contribution in [0.5, 0.6) is 5.75 Å². The molecule has 3 aromatic carbocycles. The molecule has 10 heteroatoms. The molecule has 6 rings (SSSR count). The molecular weight excluding hydrogens is 598 g/mol. The fourth-order valence-electron chi connectivity index (χ4n) is 7.54. The van der Waals surface area contributed by atoms with Crippen LogP contribution in [0.3, 0.4) is 0 Å². The molecule has 0 radical (unpaired) electrons. The lowest BCUT2D eigenvalue weighted by atomic mass is 9.57. The highest BCUT2D eigenvalue weighted by Gasteiger charge is 2.64. The number of Topliss-reactive ketones (excluding diaryl/α,β-unsaturated/α-hetero) is 2. The van der Waals surface area contributed by atoms with Crippen molar-refractivity contribution in [2.75, 3.05) is 20.6 Å². The van der Waals surface area contributed by atoms with Crippen LogP contribution in [-0.4, -0.2) is 75.1 Å². The number of likely N-dealkylation sites (N-methyl/N-ethyl adjacent to an activating group) is 1. The summed E-state index contributed by atoms with van der Waals surface area (Å²) >= 11 is 0. The number of fused-ring (bicyclic) bond motifs is 3. The normalized spacial score (nSPS) is 23.9. The molecule has 244 valence electrons. The van der Waals surface area contributed by atoms with Crippen molar-refractivity contribution in [3.8, 4) is 16.9 Å². The second-order valence-corrected chi connectivity index (χ2v) is 13.1. The Morgan fingerprint density at radius 3 is 2.28 bits per heavy atom. The van der Waals surface area contributed by atoms with Crippen LogP contribution >= 0.6 is 0 Å². The molecule has 0 heterocycles. The van der Waals surface area contributed by atoms with Crippen LogP contribution in [0.2, 0.25) is 0 Å². The summed E-state index contributed by atoms with van der Waals surface area (Å²) in [4.78, 5) is 41.1. The number of phenols is 1. The Morgan fingerprint density at radius 2 is 1.64 bits per heavy atom. The van der Waals surface area contributed by atoms with Crippen LogP contribution in [0.15, 0.2) is 77.6 Å². The van der Waals surface area contributed by atoms with E-state index >= 15 is 0 Å². The number of carbonyl (C=O) groups is 3. The van der Waals surface area contributed by atoms with Gasteiger partial charge in [0.1, 0.15) is 22.8 Å². The van der Waals surface area contributed by atoms with Gasteiger partial charge >= 0.3 is 0 Å². The fraction of sp³-hybridized carbons (Fsp3) is 0.324. The molecular formula is C37H39N3O7. The minimum absolute atomic E-state index is 0.0358. The molecule has 0 aromatic heterocycles. The van der Waals surface area contributed by atoms with E-state index in [4.69, 9.17) is 5.73 Å². The minimum atomic E-state index is -2.66. The monoisotopic (exact) mass is 637 g/mol. The molecule has 1 amide bonds. The van der Waals surface area contributed by atoms with Crippen molar-refractivity contribution < 1.29 is 34.8 Å². The Balaban J connectivity index is 1.31. The Kier molecular flexibility index (Phi) is 8.29. The van der Waals surface area contributed by atoms with Crippen molar-refractivity contribution in [2.45, 2.75) is 44.4 Å². The highest BCUT2D eigenvalue weighted by molar-refractivity contribution is 6.24. The van der Waals surface area contributed by atoms with Crippen molar-refractivity contribution >= 4 is 23.2 Å². The summed E-state index contributed by atoms with van der Waals surface area (Å²) in [6, 6.07) is 18.6. The highest BCUT2D eigenvalue weighted by atomic mass is 16.3. The second-order valence-electron chi connectivity index (χ2n) is 13.1. The first-order valence-corrected chi connectivity index (χ1v) is 15.7. The maximum atomic E-state index is 14.1. The summed E-state index contributed by atoms with van der Waals surface area (Å²) in [6.07, 6.45) is 1.18. The van der Waals surface area contributed by atoms with Crippen LogP contribution in [0.1, 0.15) is 34.2 Å². The molecule has 4 atom stereocenters. The van der Waals surface area contributed by atoms with Gasteiger partial charge in [0.2, 0.25) is 5.78 Å². The summed E-state index contributed by atoms with van der Waals surface area (Å²) < 4.78 is 0. The van der Waals surface area contributed by atoms with Crippen molar-refractivity contribution in [3.05, 3.63) is 105 Å². The van der Waals surface area contributed by atoms with Crippen LogP contribution in [0, 0.1) is 18.8 Å². The van der Waals surface area contributed by atoms with Gasteiger partial charge in [-0.1, -0.05) is 60.2 Å². The molecule has 3 aromatic rings. The van der Waals surface area contributed by atoms with Gasteiger partial charge in [-0.05, 0) is 86.6 Å². The number of amides is 1. The summed E-state index contributed by atoms with van der Waals surface area (Å²) in [5, 5.41) is 48.7. The quantitative estimate of drug-likeness (QED) is 0.160. The van der Waals surface area contributed by atoms with Crippen molar-refractivity contribution in [2.24, 2.45) is 17.6 Å². The number of hydrogen-bond donors (Lipinski definition) is 6. The van der Waals surface area contributed by atoms with E-state index in [1.165, 1.54) is 22.1 Å². The number of aromatic hydroxyl groups is 1. The molecule has 1 saturated carbocycles. The lowest BCUT2D eigenvalue weighted by Gasteiger charge is -2.50. The average molecular weight is 638 g/mol. The van der Waals surface area contributed by atoms with Crippen molar-refractivity contribution in [3.63, 3.8) is 0 Å². The van der Waals surface area contributed by atoms with E-state index in [0.717, 1.165) is 29.7 Å². The Bertz CT molecular complexity index is 1840. The number of primary amides is 1. The maximum absolute atomic E-state index is 14.1. The third kappa shape index (κ3) is 5.32. The van der Waals surface area contributed by atoms with Crippen molar-refractivity contribution in [1.82, 2.24) is 10.2 Å². The van der Waals surface area contributed by atoms with Crippen LogP contribution in [0.25, 0.3) is 16.9 Å². The van der Waals surface area contributed by atoms with E-state index < -0.39 is 58.0 Å². The number of nitrogens with two attached hydrogens (primary N) is 1. The first-order valence-electron chi connectivity index (χ1n) is 15.7. The molecule has 4 unspecified atom stereocenters. The number of rotatable bonds is 8. The first-order chi connectivity index (χ1) is 22.3. The molecule has 3 aliphatic carbocycles. The molecule has 0 aliphatic heterocycles. The van der Waals surface area contributed by atoms with Crippen LogP contribution < -0.4 is 11.1 Å². The molecule has 1 fully saturated rings. The molecule has 47 heavy (non-hydrogen) atoms. The number of ketones is 2. The van der Waals surface area contributed by atoms with Gasteiger partial charge in [-0.15, -0.1) is 0 Å². The molecule has 0 saturated heterocycles. The number of hydrogen-bond acceptors (Lipinski definition) is 9. The maximum Gasteiger partial charge on any atom is 0.255 e. The number of aliphatic hydroxyl groups excluding tert-OH is 2. The van der Waals surface area contributed by atoms with Crippen LogP contribution in [0.4, 0.5) is 0 Å². The average Bonchev–Trinajstić information content (AvgIpc) is 3.02. The predicted octanol–water partition coefficient (Wildman–Crippen LogP) is 3.27. The number of nitrogens with one attached hydrogen (secondary N) is 1. The van der Waals surface area contributed by atoms with Gasteiger partial charge in [0.15, 0.2) is 11.4 Å². The second kappa shape index (κ2) is 12.1. The predicted molar refractivity (Wildman–Crippen MR) is 176 cm³/mol. The number of carbonyl (C=O) groups excluding carboxylic acids is 3. The molecule has 10 nitrogen and oxygen atoms in total. The number of aliphatic hydroxyl groups is 3. The van der Waals surface area contributed by atoms with Gasteiger partial charge in [0, 0.05) is 18.0 Å². The molecule has 3 aliphatic rings. The number of aryl methyl sites for hydroxylation is 1. The summed E-state index contributed by atoms with van der Waals surface area (Å²) in [5.74, 6) is -6.69. The third-order valence-corrected chi connectivity index (χ3v) is 9.91. The lowest BCUT2D eigenvalue weighted by molar-refractivity contribution is -0.153. The zero-order valence-electron chi connectivity index (χ0n) is 26.6. The molecule has 0 bridgehead atoms. The van der Waals surface area contributed by atoms with E-state index in [-0.39, 0.29) is 29.7 Å². The number of benzene rings is 3. The Morgan fingerprint density at radius 1 is 0.979 bits per heavy atom. The van der Waals surface area contributed by atoms with Gasteiger partial charge in [0.05, 0.1) is 11.6 Å². The highest BCUT2D eigenvalue weighted by Crippen LogP contribution is 2.53. The zero-order chi connectivity index (χ0) is 33.8. The fourth-order valence-corrected chi connectivity index (χ4v) is 7.54. The number of phenolic OH excluding ortho intramolecular Hbond substituents is 1. The molecule has 7 N–H and O–H groups in total. The van der Waals surface area contributed by atoms with E-state index in [1.807, 2.05) is 24.3 Å². The SMILES string of the molecule is Cc1ccc(CCNCc2ccc(-c3ccc(O)c4c3CC3CC5C(N(C)C)C(=O)C(C(N)=O)=C(O)C5(O)C(=O)C3=C4O)cc2)cc1. The lowest BCUT2D eigenvalue weighted by Crippen LogP contribution is -2.65. The van der Waals surface area contributed by atoms with E-state index in [1.54, 1.807) is 20.2 Å². The van der Waals surface area contributed by atoms with E-state index in [0.29, 0.717) is 12.1 Å². The minimum Gasteiger partial charge on any atom is -0.508 e. The van der Waals surface area contributed by atoms with Gasteiger partial charge in [-0.2, -0.15) is 0 Å². The van der Waals surface area contributed by atoms with Crippen molar-refractivity contribution in [1.29, 1.82) is 0 Å².